The molecule has 1 aliphatic carbocycles. The summed E-state index contributed by atoms with van der Waals surface area (Å²) in [6.45, 7) is 1.01. The molecule has 2 rings (SSSR count). The Hall–Kier alpha value is -0.0500. The highest BCUT2D eigenvalue weighted by Gasteiger charge is 2.30. The van der Waals surface area contributed by atoms with E-state index in [2.05, 4.69) is 20.8 Å². The number of hydrogen-bond acceptors (Lipinski definition) is 1. The third-order valence-corrected chi connectivity index (χ3v) is 4.62. The maximum absolute atomic E-state index is 12.1. The molecule has 16 heavy (non-hydrogen) atoms. The molecule has 1 aliphatic heterocycles. The number of likely N-dealkylation sites (tertiary alicyclic amines) is 1. The largest absolute Gasteiger partial charge is 0.340 e. The highest BCUT2D eigenvalue weighted by Crippen LogP contribution is 2.31. The van der Waals surface area contributed by atoms with E-state index in [1.807, 2.05) is 0 Å². The van der Waals surface area contributed by atoms with Crippen molar-refractivity contribution in [3.63, 3.8) is 0 Å². The summed E-state index contributed by atoms with van der Waals surface area (Å²) in [6, 6.07) is 0.546. The Balaban J connectivity index is 1.78. The van der Waals surface area contributed by atoms with Crippen molar-refractivity contribution in [3.8, 4) is 0 Å². The summed E-state index contributed by atoms with van der Waals surface area (Å²) in [5, 5.41) is 1.06. The summed E-state index contributed by atoms with van der Waals surface area (Å²) in [6.07, 6.45) is 9.54. The molecule has 2 aliphatic rings. The lowest BCUT2D eigenvalue weighted by atomic mass is 9.82. The van der Waals surface area contributed by atoms with E-state index in [0.29, 0.717) is 17.9 Å². The van der Waals surface area contributed by atoms with Crippen molar-refractivity contribution >= 4 is 21.8 Å². The molecule has 0 aromatic rings. The molecule has 1 atom stereocenters. The van der Waals surface area contributed by atoms with Crippen LogP contribution in [0.3, 0.4) is 0 Å². The van der Waals surface area contributed by atoms with Gasteiger partial charge >= 0.3 is 0 Å². The van der Waals surface area contributed by atoms with Crippen LogP contribution in [0.25, 0.3) is 0 Å². The molecule has 1 heterocycles. The first-order valence-electron chi connectivity index (χ1n) is 6.66. The fourth-order valence-electron chi connectivity index (χ4n) is 2.84. The predicted octanol–water partition coefficient (Wildman–Crippen LogP) is 3.34. The molecule has 92 valence electrons. The normalized spacial score (nSPS) is 25.8. The van der Waals surface area contributed by atoms with Gasteiger partial charge in [0.05, 0.1) is 0 Å². The van der Waals surface area contributed by atoms with Gasteiger partial charge in [-0.25, -0.2) is 0 Å². The van der Waals surface area contributed by atoms with Crippen LogP contribution in [0.4, 0.5) is 0 Å². The van der Waals surface area contributed by atoms with Gasteiger partial charge in [-0.2, -0.15) is 0 Å². The zero-order valence-corrected chi connectivity index (χ0v) is 11.5. The van der Waals surface area contributed by atoms with Gasteiger partial charge in [0.2, 0.25) is 5.91 Å². The van der Waals surface area contributed by atoms with Crippen molar-refractivity contribution in [2.75, 3.05) is 11.9 Å². The second kappa shape index (κ2) is 6.04. The quantitative estimate of drug-likeness (QED) is 0.710. The fraction of sp³-hybridized carbons (Fsp3) is 0.923. The number of amides is 1. The van der Waals surface area contributed by atoms with Gasteiger partial charge < -0.3 is 4.90 Å². The molecule has 3 heteroatoms. The summed E-state index contributed by atoms with van der Waals surface area (Å²) in [5.74, 6) is 1.15. The van der Waals surface area contributed by atoms with E-state index in [4.69, 9.17) is 0 Å². The lowest BCUT2D eigenvalue weighted by Gasteiger charge is -2.30. The maximum Gasteiger partial charge on any atom is 0.223 e. The Morgan fingerprint density at radius 1 is 1.25 bits per heavy atom. The van der Waals surface area contributed by atoms with Crippen molar-refractivity contribution in [3.05, 3.63) is 0 Å². The zero-order chi connectivity index (χ0) is 11.4. The van der Waals surface area contributed by atoms with E-state index < -0.39 is 0 Å². The van der Waals surface area contributed by atoms with Gasteiger partial charge in [0.25, 0.3) is 0 Å². The van der Waals surface area contributed by atoms with E-state index in [1.165, 1.54) is 44.9 Å². The molecule has 0 spiro atoms. The van der Waals surface area contributed by atoms with Gasteiger partial charge in [-0.05, 0) is 44.4 Å². The molecular weight excluding hydrogens is 266 g/mol. The SMILES string of the molecule is O=C(CC1CCC1)N1CCCC1CCCBr. The molecule has 0 radical (unpaired) electrons. The molecule has 0 aromatic heterocycles. The fourth-order valence-corrected chi connectivity index (χ4v) is 3.16. The minimum Gasteiger partial charge on any atom is -0.340 e. The lowest BCUT2D eigenvalue weighted by molar-refractivity contribution is -0.133. The monoisotopic (exact) mass is 287 g/mol. The van der Waals surface area contributed by atoms with Gasteiger partial charge in [-0.3, -0.25) is 4.79 Å². The molecule has 1 saturated carbocycles. The second-order valence-electron chi connectivity index (χ2n) is 5.22. The summed E-state index contributed by atoms with van der Waals surface area (Å²) in [7, 11) is 0. The van der Waals surface area contributed by atoms with Crippen LogP contribution >= 0.6 is 15.9 Å². The summed E-state index contributed by atoms with van der Waals surface area (Å²) >= 11 is 3.47. The summed E-state index contributed by atoms with van der Waals surface area (Å²) in [5.41, 5.74) is 0. The lowest BCUT2D eigenvalue weighted by Crippen LogP contribution is -2.37. The summed E-state index contributed by atoms with van der Waals surface area (Å²) < 4.78 is 0. The first kappa shape index (κ1) is 12.4. The molecule has 0 aromatic carbocycles. The van der Waals surface area contributed by atoms with Crippen molar-refractivity contribution in [2.45, 2.75) is 57.4 Å². The van der Waals surface area contributed by atoms with E-state index in [-0.39, 0.29) is 0 Å². The predicted molar refractivity (Wildman–Crippen MR) is 69.7 cm³/mol. The first-order valence-corrected chi connectivity index (χ1v) is 7.79. The Morgan fingerprint density at radius 2 is 2.06 bits per heavy atom. The van der Waals surface area contributed by atoms with E-state index in [0.717, 1.165) is 18.3 Å². The van der Waals surface area contributed by atoms with Crippen LogP contribution in [0.15, 0.2) is 0 Å². The molecule has 1 saturated heterocycles. The van der Waals surface area contributed by atoms with Crippen LogP contribution in [0, 0.1) is 5.92 Å². The van der Waals surface area contributed by atoms with Gasteiger partial charge in [-0.15, -0.1) is 0 Å². The number of carbonyl (C=O) groups excluding carboxylic acids is 1. The van der Waals surface area contributed by atoms with Gasteiger partial charge in [0.1, 0.15) is 0 Å². The molecule has 2 fully saturated rings. The standard InChI is InChI=1S/C13H22BrNO/c14-8-2-6-12-7-3-9-15(12)13(16)10-11-4-1-5-11/h11-12H,1-10H2. The average molecular weight is 288 g/mol. The maximum atomic E-state index is 12.1. The second-order valence-corrected chi connectivity index (χ2v) is 6.01. The van der Waals surface area contributed by atoms with E-state index >= 15 is 0 Å². The van der Waals surface area contributed by atoms with Crippen LogP contribution in [-0.4, -0.2) is 28.7 Å². The van der Waals surface area contributed by atoms with Crippen LogP contribution in [-0.2, 0) is 4.79 Å². The Bertz CT molecular complexity index is 240. The van der Waals surface area contributed by atoms with Gasteiger partial charge in [0, 0.05) is 24.3 Å². The molecule has 0 N–H and O–H groups in total. The van der Waals surface area contributed by atoms with Crippen LogP contribution in [0.1, 0.15) is 51.4 Å². The van der Waals surface area contributed by atoms with Crippen LogP contribution in [0.5, 0.6) is 0 Å². The zero-order valence-electron chi connectivity index (χ0n) is 9.96. The molecule has 1 amide bonds. The topological polar surface area (TPSA) is 20.3 Å². The van der Waals surface area contributed by atoms with Crippen LogP contribution in [0.2, 0.25) is 0 Å². The minimum absolute atomic E-state index is 0.432. The van der Waals surface area contributed by atoms with Crippen molar-refractivity contribution in [2.24, 2.45) is 5.92 Å². The van der Waals surface area contributed by atoms with E-state index in [1.54, 1.807) is 0 Å². The number of nitrogens with zero attached hydrogens (tertiary/aromatic N) is 1. The number of rotatable bonds is 5. The number of hydrogen-bond donors (Lipinski definition) is 0. The van der Waals surface area contributed by atoms with Crippen molar-refractivity contribution < 1.29 is 4.79 Å². The Kier molecular flexibility index (Phi) is 4.68. The first-order chi connectivity index (χ1) is 7.81. The molecule has 0 bridgehead atoms. The smallest absolute Gasteiger partial charge is 0.223 e. The number of halogens is 1. The van der Waals surface area contributed by atoms with E-state index in [9.17, 15) is 4.79 Å². The number of carbonyl (C=O) groups is 1. The highest BCUT2D eigenvalue weighted by atomic mass is 79.9. The Labute approximate surface area is 107 Å². The van der Waals surface area contributed by atoms with Gasteiger partial charge in [-0.1, -0.05) is 22.4 Å². The molecule has 2 nitrogen and oxygen atoms in total. The van der Waals surface area contributed by atoms with Gasteiger partial charge in [0.15, 0.2) is 0 Å². The molecule has 1 unspecified atom stereocenters. The third kappa shape index (κ3) is 2.99. The average Bonchev–Trinajstić information content (AvgIpc) is 2.68. The highest BCUT2D eigenvalue weighted by molar-refractivity contribution is 9.09. The Morgan fingerprint density at radius 3 is 2.69 bits per heavy atom. The van der Waals surface area contributed by atoms with Crippen molar-refractivity contribution in [1.82, 2.24) is 4.90 Å². The minimum atomic E-state index is 0.432. The van der Waals surface area contributed by atoms with Crippen molar-refractivity contribution in [1.29, 1.82) is 0 Å². The third-order valence-electron chi connectivity index (χ3n) is 4.06. The molecular formula is C13H22BrNO. The number of alkyl halides is 1. The van der Waals surface area contributed by atoms with Crippen LogP contribution < -0.4 is 0 Å². The summed E-state index contributed by atoms with van der Waals surface area (Å²) in [4.78, 5) is 14.3.